The topological polar surface area (TPSA) is 147 Å². The number of aryl methyl sites for hydroxylation is 2. The molecular formula is C33H47N5O7S. The van der Waals surface area contributed by atoms with Gasteiger partial charge in [0.15, 0.2) is 10.7 Å². The summed E-state index contributed by atoms with van der Waals surface area (Å²) in [4.78, 5) is 22.2. The molecule has 2 N–H and O–H groups in total. The summed E-state index contributed by atoms with van der Waals surface area (Å²) >= 11 is 0. The molecule has 0 aliphatic carbocycles. The standard InChI is InChI=1S/C33H47N5O7S/c1-22-18-38(23(2)21-39)33(40)29-17-28(36-46(41,42)32-25(4)35-45-26(32)5)10-11-30(29)44-24(3)9-7-8-16-43-31(22)20-37(6)19-27-12-14-34-15-13-27/h10-15,17,22-24,31,36,39H,7-9,16,18-21H2,1-6H3/t22-,23-,24+,31-/m1/s1. The fraction of sp³-hybridized carbons (Fsp3) is 0.545. The number of hydrogen-bond acceptors (Lipinski definition) is 10. The van der Waals surface area contributed by atoms with E-state index in [1.165, 1.54) is 13.0 Å². The summed E-state index contributed by atoms with van der Waals surface area (Å²) in [5.74, 6) is 0.0411. The molecule has 0 radical (unpaired) electrons. The highest BCUT2D eigenvalue weighted by Crippen LogP contribution is 2.30. The number of benzene rings is 1. The van der Waals surface area contributed by atoms with E-state index in [1.54, 1.807) is 43.3 Å². The minimum absolute atomic E-state index is 0.0481. The largest absolute Gasteiger partial charge is 0.490 e. The van der Waals surface area contributed by atoms with Gasteiger partial charge in [0.1, 0.15) is 11.4 Å². The Morgan fingerprint density at radius 1 is 1.15 bits per heavy atom. The van der Waals surface area contributed by atoms with Crippen molar-refractivity contribution in [3.63, 3.8) is 0 Å². The lowest BCUT2D eigenvalue weighted by Crippen LogP contribution is -2.47. The van der Waals surface area contributed by atoms with Crippen molar-refractivity contribution in [3.05, 3.63) is 65.3 Å². The normalized spacial score (nSPS) is 20.9. The van der Waals surface area contributed by atoms with Crippen molar-refractivity contribution < 1.29 is 32.3 Å². The van der Waals surface area contributed by atoms with Crippen LogP contribution >= 0.6 is 0 Å². The molecule has 13 heteroatoms. The number of aliphatic hydroxyl groups is 1. The number of amides is 1. The van der Waals surface area contributed by atoms with Crippen molar-refractivity contribution in [2.75, 3.05) is 38.1 Å². The van der Waals surface area contributed by atoms with Crippen LogP contribution in [0, 0.1) is 19.8 Å². The molecule has 0 spiro atoms. The molecule has 1 aliphatic rings. The van der Waals surface area contributed by atoms with Gasteiger partial charge in [0.05, 0.1) is 30.4 Å². The summed E-state index contributed by atoms with van der Waals surface area (Å²) in [5.41, 5.74) is 1.76. The summed E-state index contributed by atoms with van der Waals surface area (Å²) in [7, 11) is -2.01. The summed E-state index contributed by atoms with van der Waals surface area (Å²) in [6.07, 6.45) is 5.65. The van der Waals surface area contributed by atoms with Crippen LogP contribution in [0.2, 0.25) is 0 Å². The van der Waals surface area contributed by atoms with Crippen LogP contribution in [0.25, 0.3) is 0 Å². The predicted molar refractivity (Wildman–Crippen MR) is 174 cm³/mol. The average Bonchev–Trinajstić information content (AvgIpc) is 3.37. The zero-order chi connectivity index (χ0) is 33.4. The Labute approximate surface area is 272 Å². The zero-order valence-corrected chi connectivity index (χ0v) is 28.4. The summed E-state index contributed by atoms with van der Waals surface area (Å²) in [6.45, 7) is 10.9. The Morgan fingerprint density at radius 3 is 2.57 bits per heavy atom. The first-order chi connectivity index (χ1) is 21.9. The first-order valence-electron chi connectivity index (χ1n) is 15.8. The van der Waals surface area contributed by atoms with Gasteiger partial charge < -0.3 is 24.0 Å². The molecule has 0 saturated carbocycles. The lowest BCUT2D eigenvalue weighted by atomic mass is 10.0. The second-order valence-corrected chi connectivity index (χ2v) is 13.9. The quantitative estimate of drug-likeness (QED) is 0.339. The molecule has 1 aliphatic heterocycles. The number of fused-ring (bicyclic) bond motifs is 1. The van der Waals surface area contributed by atoms with Gasteiger partial charge in [-0.05, 0) is 89.9 Å². The third kappa shape index (κ3) is 9.05. The van der Waals surface area contributed by atoms with Crippen LogP contribution in [-0.4, -0.2) is 91.0 Å². The van der Waals surface area contributed by atoms with E-state index in [4.69, 9.17) is 14.0 Å². The van der Waals surface area contributed by atoms with Crippen LogP contribution in [0.15, 0.2) is 52.1 Å². The minimum Gasteiger partial charge on any atom is -0.490 e. The molecule has 0 bridgehead atoms. The highest BCUT2D eigenvalue weighted by molar-refractivity contribution is 7.92. The molecule has 0 fully saturated rings. The maximum atomic E-state index is 14.4. The Kier molecular flexibility index (Phi) is 12.2. The van der Waals surface area contributed by atoms with Gasteiger partial charge in [-0.15, -0.1) is 0 Å². The van der Waals surface area contributed by atoms with Crippen LogP contribution in [-0.2, 0) is 21.3 Å². The molecule has 46 heavy (non-hydrogen) atoms. The van der Waals surface area contributed by atoms with Crippen LogP contribution in [0.1, 0.15) is 67.4 Å². The number of nitrogens with one attached hydrogen (secondary N) is 1. The molecule has 1 amide bonds. The maximum Gasteiger partial charge on any atom is 0.267 e. The highest BCUT2D eigenvalue weighted by Gasteiger charge is 2.31. The molecule has 1 aromatic carbocycles. The predicted octanol–water partition coefficient (Wildman–Crippen LogP) is 4.41. The van der Waals surface area contributed by atoms with E-state index in [0.29, 0.717) is 25.4 Å². The monoisotopic (exact) mass is 657 g/mol. The van der Waals surface area contributed by atoms with E-state index in [9.17, 15) is 18.3 Å². The number of aliphatic hydroxyl groups excluding tert-OH is 1. The SMILES string of the molecule is Cc1noc(C)c1S(=O)(=O)Nc1ccc2c(c1)C(=O)N([C@H](C)CO)C[C@@H](C)[C@@H](CN(C)Cc1ccncc1)OCCCC[C@H](C)O2. The second kappa shape index (κ2) is 15.9. The lowest BCUT2D eigenvalue weighted by Gasteiger charge is -2.36. The van der Waals surface area contributed by atoms with E-state index < -0.39 is 16.1 Å². The fourth-order valence-corrected chi connectivity index (χ4v) is 7.07. The van der Waals surface area contributed by atoms with Gasteiger partial charge in [-0.2, -0.15) is 0 Å². The second-order valence-electron chi connectivity index (χ2n) is 12.3. The number of carbonyl (C=O) groups excluding carboxylic acids is 1. The van der Waals surface area contributed by atoms with Gasteiger partial charge in [-0.3, -0.25) is 19.4 Å². The lowest BCUT2D eigenvalue weighted by molar-refractivity contribution is -0.0177. The Morgan fingerprint density at radius 2 is 1.89 bits per heavy atom. The van der Waals surface area contributed by atoms with Crippen molar-refractivity contribution in [2.45, 2.75) is 83.6 Å². The molecule has 4 atom stereocenters. The van der Waals surface area contributed by atoms with E-state index in [0.717, 1.165) is 31.4 Å². The Balaban J connectivity index is 1.66. The minimum atomic E-state index is -4.06. The smallest absolute Gasteiger partial charge is 0.267 e. The van der Waals surface area contributed by atoms with Crippen molar-refractivity contribution in [1.82, 2.24) is 19.9 Å². The number of aromatic nitrogens is 2. The van der Waals surface area contributed by atoms with Crippen molar-refractivity contribution in [2.24, 2.45) is 5.92 Å². The van der Waals surface area contributed by atoms with Gasteiger partial charge in [0.2, 0.25) is 0 Å². The van der Waals surface area contributed by atoms with Crippen molar-refractivity contribution in [3.8, 4) is 5.75 Å². The number of sulfonamides is 1. The molecule has 3 heterocycles. The number of anilines is 1. The van der Waals surface area contributed by atoms with Crippen molar-refractivity contribution in [1.29, 1.82) is 0 Å². The van der Waals surface area contributed by atoms with Crippen LogP contribution in [0.5, 0.6) is 5.75 Å². The highest BCUT2D eigenvalue weighted by atomic mass is 32.2. The number of nitrogens with zero attached hydrogens (tertiary/aromatic N) is 4. The van der Waals surface area contributed by atoms with E-state index in [2.05, 4.69) is 26.7 Å². The van der Waals surface area contributed by atoms with Gasteiger partial charge in [0.25, 0.3) is 15.9 Å². The Hall–Kier alpha value is -3.52. The van der Waals surface area contributed by atoms with Crippen molar-refractivity contribution >= 4 is 21.6 Å². The van der Waals surface area contributed by atoms with Crippen LogP contribution in [0.3, 0.4) is 0 Å². The summed E-state index contributed by atoms with van der Waals surface area (Å²) < 4.78 is 46.9. The molecular weight excluding hydrogens is 610 g/mol. The van der Waals surface area contributed by atoms with Gasteiger partial charge in [0, 0.05) is 50.2 Å². The molecule has 2 aromatic heterocycles. The third-order valence-electron chi connectivity index (χ3n) is 8.23. The first-order valence-corrected chi connectivity index (χ1v) is 17.2. The summed E-state index contributed by atoms with van der Waals surface area (Å²) in [6, 6.07) is 8.13. The third-order valence-corrected chi connectivity index (χ3v) is 9.86. The van der Waals surface area contributed by atoms with E-state index in [-0.39, 0.29) is 58.2 Å². The molecule has 0 saturated heterocycles. The number of ether oxygens (including phenoxy) is 2. The van der Waals surface area contributed by atoms with E-state index >= 15 is 0 Å². The molecule has 252 valence electrons. The average molecular weight is 658 g/mol. The van der Waals surface area contributed by atoms with Gasteiger partial charge in [-0.1, -0.05) is 12.1 Å². The summed E-state index contributed by atoms with van der Waals surface area (Å²) in [5, 5.41) is 14.0. The van der Waals surface area contributed by atoms with Crippen LogP contribution in [0.4, 0.5) is 5.69 Å². The van der Waals surface area contributed by atoms with Gasteiger partial charge >= 0.3 is 0 Å². The first kappa shape index (κ1) is 35.3. The molecule has 12 nitrogen and oxygen atoms in total. The van der Waals surface area contributed by atoms with Gasteiger partial charge in [-0.25, -0.2) is 8.42 Å². The zero-order valence-electron chi connectivity index (χ0n) is 27.6. The number of hydrogen-bond donors (Lipinski definition) is 2. The molecule has 0 unspecified atom stereocenters. The molecule has 4 rings (SSSR count). The number of likely N-dealkylation sites (N-methyl/N-ethyl adjacent to an activating group) is 1. The fourth-order valence-electron chi connectivity index (χ4n) is 5.68. The number of carbonyl (C=O) groups is 1. The van der Waals surface area contributed by atoms with E-state index in [1.807, 2.05) is 26.1 Å². The van der Waals surface area contributed by atoms with Crippen LogP contribution < -0.4 is 9.46 Å². The Bertz CT molecular complexity index is 1530. The number of pyridine rings is 1. The maximum absolute atomic E-state index is 14.4. The molecule has 3 aromatic rings. The number of rotatable bonds is 9.